The number of nitrogens with zero attached hydrogens (tertiary/aromatic N) is 2. The molecule has 1 N–H and O–H groups in total. The van der Waals surface area contributed by atoms with E-state index in [1.165, 1.54) is 6.92 Å². The van der Waals surface area contributed by atoms with Crippen molar-refractivity contribution in [1.82, 2.24) is 15.1 Å². The zero-order valence-corrected chi connectivity index (χ0v) is 13.8. The van der Waals surface area contributed by atoms with Gasteiger partial charge in [0.25, 0.3) is 0 Å². The Labute approximate surface area is 132 Å². The molecule has 2 aliphatic rings. The van der Waals surface area contributed by atoms with Crippen molar-refractivity contribution in [2.24, 2.45) is 11.8 Å². The molecule has 0 saturated carbocycles. The van der Waals surface area contributed by atoms with E-state index in [4.69, 9.17) is 0 Å². The Hall–Kier alpha value is -1.59. The first kappa shape index (κ1) is 16.8. The van der Waals surface area contributed by atoms with Crippen molar-refractivity contribution in [3.8, 4) is 0 Å². The average Bonchev–Trinajstić information content (AvgIpc) is 2.78. The molecule has 2 fully saturated rings. The third-order valence-electron chi connectivity index (χ3n) is 4.29. The monoisotopic (exact) mass is 309 g/mol. The average molecular weight is 309 g/mol. The van der Waals surface area contributed by atoms with E-state index in [0.717, 1.165) is 25.9 Å². The molecule has 0 spiro atoms. The van der Waals surface area contributed by atoms with Crippen LogP contribution in [0.1, 0.15) is 40.0 Å². The number of carbonyl (C=O) groups is 3. The summed E-state index contributed by atoms with van der Waals surface area (Å²) >= 11 is 0. The zero-order chi connectivity index (χ0) is 16.3. The molecule has 0 aromatic heterocycles. The van der Waals surface area contributed by atoms with Crippen molar-refractivity contribution in [2.45, 2.75) is 46.1 Å². The van der Waals surface area contributed by atoms with Crippen molar-refractivity contribution in [3.05, 3.63) is 0 Å². The molecule has 2 rings (SSSR count). The van der Waals surface area contributed by atoms with Gasteiger partial charge < -0.3 is 15.1 Å². The van der Waals surface area contributed by atoms with Crippen molar-refractivity contribution >= 4 is 17.7 Å². The number of rotatable bonds is 4. The van der Waals surface area contributed by atoms with Gasteiger partial charge in [0.1, 0.15) is 0 Å². The van der Waals surface area contributed by atoms with Crippen LogP contribution in [0.25, 0.3) is 0 Å². The maximum Gasteiger partial charge on any atom is 0.228 e. The van der Waals surface area contributed by atoms with Crippen LogP contribution < -0.4 is 5.32 Å². The molecule has 0 radical (unpaired) electrons. The van der Waals surface area contributed by atoms with Gasteiger partial charge in [-0.2, -0.15) is 0 Å². The van der Waals surface area contributed by atoms with E-state index >= 15 is 0 Å². The van der Waals surface area contributed by atoms with Gasteiger partial charge in [-0.1, -0.05) is 13.8 Å². The number of carbonyl (C=O) groups excluding carboxylic acids is 3. The maximum absolute atomic E-state index is 12.6. The Morgan fingerprint density at radius 2 is 2.05 bits per heavy atom. The van der Waals surface area contributed by atoms with Gasteiger partial charge >= 0.3 is 0 Å². The standard InChI is InChI=1S/C16H27N3O3/c1-11(2)8-19-9-13(7-15(19)21)16(22)18-6-4-5-14(10-18)17-12(3)20/h11,13-14H,4-10H2,1-3H3,(H,17,20). The number of piperidine rings is 1. The van der Waals surface area contributed by atoms with Gasteiger partial charge in [-0.3, -0.25) is 14.4 Å². The topological polar surface area (TPSA) is 69.7 Å². The normalized spacial score (nSPS) is 25.7. The van der Waals surface area contributed by atoms with Gasteiger partial charge in [-0.05, 0) is 18.8 Å². The SMILES string of the molecule is CC(=O)NC1CCCN(C(=O)C2CC(=O)N(CC(C)C)C2)C1. The summed E-state index contributed by atoms with van der Waals surface area (Å²) in [4.78, 5) is 39.5. The van der Waals surface area contributed by atoms with Crippen LogP contribution >= 0.6 is 0 Å². The Bertz CT molecular complexity index is 450. The second-order valence-electron chi connectivity index (χ2n) is 6.92. The fourth-order valence-electron chi connectivity index (χ4n) is 3.40. The first-order valence-corrected chi connectivity index (χ1v) is 8.20. The lowest BCUT2D eigenvalue weighted by Gasteiger charge is -2.34. The van der Waals surface area contributed by atoms with E-state index in [-0.39, 0.29) is 29.7 Å². The fraction of sp³-hybridized carbons (Fsp3) is 0.812. The molecule has 124 valence electrons. The highest BCUT2D eigenvalue weighted by Crippen LogP contribution is 2.23. The predicted octanol–water partition coefficient (Wildman–Crippen LogP) is 0.618. The van der Waals surface area contributed by atoms with E-state index < -0.39 is 0 Å². The largest absolute Gasteiger partial charge is 0.352 e. The summed E-state index contributed by atoms with van der Waals surface area (Å²) in [5, 5.41) is 2.89. The molecule has 6 heteroatoms. The molecule has 0 aromatic rings. The minimum atomic E-state index is -0.220. The molecule has 0 aromatic carbocycles. The Kier molecular flexibility index (Phi) is 5.42. The van der Waals surface area contributed by atoms with Crippen LogP contribution in [0.4, 0.5) is 0 Å². The second-order valence-corrected chi connectivity index (χ2v) is 6.92. The molecule has 2 saturated heterocycles. The van der Waals surface area contributed by atoms with Crippen LogP contribution in [0.5, 0.6) is 0 Å². The Balaban J connectivity index is 1.91. The van der Waals surface area contributed by atoms with Gasteiger partial charge in [-0.25, -0.2) is 0 Å². The zero-order valence-electron chi connectivity index (χ0n) is 13.8. The van der Waals surface area contributed by atoms with Crippen LogP contribution in [0.2, 0.25) is 0 Å². The van der Waals surface area contributed by atoms with Gasteiger partial charge in [0.15, 0.2) is 0 Å². The summed E-state index contributed by atoms with van der Waals surface area (Å²) in [7, 11) is 0. The van der Waals surface area contributed by atoms with E-state index in [1.54, 1.807) is 0 Å². The highest BCUT2D eigenvalue weighted by molar-refractivity contribution is 5.89. The van der Waals surface area contributed by atoms with Crippen molar-refractivity contribution < 1.29 is 14.4 Å². The van der Waals surface area contributed by atoms with Gasteiger partial charge in [0.2, 0.25) is 17.7 Å². The third kappa shape index (κ3) is 4.21. The summed E-state index contributed by atoms with van der Waals surface area (Å²) in [6, 6.07) is 0.0408. The molecular weight excluding hydrogens is 282 g/mol. The molecular formula is C16H27N3O3. The smallest absolute Gasteiger partial charge is 0.228 e. The molecule has 2 unspecified atom stereocenters. The van der Waals surface area contributed by atoms with Crippen molar-refractivity contribution in [3.63, 3.8) is 0 Å². The fourth-order valence-corrected chi connectivity index (χ4v) is 3.40. The summed E-state index contributed by atoms with van der Waals surface area (Å²) < 4.78 is 0. The van der Waals surface area contributed by atoms with Crippen LogP contribution in [-0.2, 0) is 14.4 Å². The van der Waals surface area contributed by atoms with Crippen LogP contribution in [-0.4, -0.2) is 59.7 Å². The first-order chi connectivity index (χ1) is 10.4. The Morgan fingerprint density at radius 3 is 2.68 bits per heavy atom. The molecule has 22 heavy (non-hydrogen) atoms. The number of hydrogen-bond acceptors (Lipinski definition) is 3. The molecule has 2 aliphatic heterocycles. The molecule has 3 amide bonds. The minimum absolute atomic E-state index is 0.0408. The highest BCUT2D eigenvalue weighted by atomic mass is 16.2. The molecule has 2 heterocycles. The van der Waals surface area contributed by atoms with Crippen LogP contribution in [0.15, 0.2) is 0 Å². The molecule has 0 bridgehead atoms. The number of amides is 3. The Morgan fingerprint density at radius 1 is 1.32 bits per heavy atom. The summed E-state index contributed by atoms with van der Waals surface area (Å²) in [6.07, 6.45) is 2.13. The summed E-state index contributed by atoms with van der Waals surface area (Å²) in [5.41, 5.74) is 0. The first-order valence-electron chi connectivity index (χ1n) is 8.20. The molecule has 6 nitrogen and oxygen atoms in total. The summed E-state index contributed by atoms with van der Waals surface area (Å²) in [6.45, 7) is 8.20. The van der Waals surface area contributed by atoms with Crippen molar-refractivity contribution in [2.75, 3.05) is 26.2 Å². The van der Waals surface area contributed by atoms with Crippen LogP contribution in [0.3, 0.4) is 0 Å². The molecule has 2 atom stereocenters. The second kappa shape index (κ2) is 7.11. The van der Waals surface area contributed by atoms with Gasteiger partial charge in [0.05, 0.1) is 5.92 Å². The lowest BCUT2D eigenvalue weighted by Crippen LogP contribution is -2.50. The third-order valence-corrected chi connectivity index (χ3v) is 4.29. The number of hydrogen-bond donors (Lipinski definition) is 1. The number of nitrogens with one attached hydrogen (secondary N) is 1. The van der Waals surface area contributed by atoms with Gasteiger partial charge in [-0.15, -0.1) is 0 Å². The lowest BCUT2D eigenvalue weighted by molar-refractivity contribution is -0.137. The maximum atomic E-state index is 12.6. The number of likely N-dealkylation sites (tertiary alicyclic amines) is 2. The van der Waals surface area contributed by atoms with E-state index in [2.05, 4.69) is 19.2 Å². The quantitative estimate of drug-likeness (QED) is 0.827. The van der Waals surface area contributed by atoms with E-state index in [0.29, 0.717) is 25.4 Å². The predicted molar refractivity (Wildman–Crippen MR) is 82.9 cm³/mol. The van der Waals surface area contributed by atoms with E-state index in [1.807, 2.05) is 9.80 Å². The highest BCUT2D eigenvalue weighted by Gasteiger charge is 2.37. The summed E-state index contributed by atoms with van der Waals surface area (Å²) in [5.74, 6) is 0.287. The van der Waals surface area contributed by atoms with Crippen LogP contribution in [0, 0.1) is 11.8 Å². The van der Waals surface area contributed by atoms with Gasteiger partial charge in [0, 0.05) is 45.6 Å². The minimum Gasteiger partial charge on any atom is -0.352 e. The molecule has 0 aliphatic carbocycles. The lowest BCUT2D eigenvalue weighted by atomic mass is 10.0. The van der Waals surface area contributed by atoms with Crippen molar-refractivity contribution in [1.29, 1.82) is 0 Å². The van der Waals surface area contributed by atoms with E-state index in [9.17, 15) is 14.4 Å².